The van der Waals surface area contributed by atoms with Crippen LogP contribution < -0.4 is 5.73 Å². The van der Waals surface area contributed by atoms with E-state index in [4.69, 9.17) is 15.6 Å². The summed E-state index contributed by atoms with van der Waals surface area (Å²) in [5.41, 5.74) is 4.68. The van der Waals surface area contributed by atoms with Crippen molar-refractivity contribution in [2.75, 3.05) is 0 Å². The van der Waals surface area contributed by atoms with E-state index in [-0.39, 0.29) is 18.3 Å². The van der Waals surface area contributed by atoms with E-state index in [1.165, 1.54) is 0 Å². The van der Waals surface area contributed by atoms with Gasteiger partial charge in [0.15, 0.2) is 0 Å². The van der Waals surface area contributed by atoms with E-state index in [9.17, 15) is 9.59 Å². The summed E-state index contributed by atoms with van der Waals surface area (Å²) in [4.78, 5) is 21.4. The van der Waals surface area contributed by atoms with Crippen LogP contribution in [0.25, 0.3) is 0 Å². The summed E-state index contributed by atoms with van der Waals surface area (Å²) in [6.45, 7) is 5.26. The molecule has 1 unspecified atom stereocenters. The maximum atomic E-state index is 11.1. The summed E-state index contributed by atoms with van der Waals surface area (Å²) in [5.74, 6) is -1.53. The minimum atomic E-state index is -1.10. The Hall–Kier alpha value is -1.14. The van der Waals surface area contributed by atoms with Crippen LogP contribution >= 0.6 is 0 Å². The predicted octanol–water partition coefficient (Wildman–Crippen LogP) is -0.305. The number of carboxylic acid groups (broad SMARTS) is 1. The lowest BCUT2D eigenvalue weighted by molar-refractivity contribution is -0.155. The molecular weight excluding hydrogens is 202 g/mol. The fraction of sp³-hybridized carbons (Fsp3) is 0.778. The lowest BCUT2D eigenvalue weighted by Crippen LogP contribution is -2.31. The molecule has 0 aromatic heterocycles. The highest BCUT2D eigenvalue weighted by molar-refractivity contribution is 5.75. The van der Waals surface area contributed by atoms with E-state index in [0.717, 1.165) is 0 Å². The molecule has 5 N–H and O–H groups in total. The molecule has 0 heterocycles. The Morgan fingerprint density at radius 2 is 1.87 bits per heavy atom. The third-order valence-electron chi connectivity index (χ3n) is 1.40. The predicted molar refractivity (Wildman–Crippen MR) is 54.3 cm³/mol. The highest BCUT2D eigenvalue weighted by Crippen LogP contribution is 2.09. The molecule has 6 nitrogen and oxygen atoms in total. The van der Waals surface area contributed by atoms with Crippen molar-refractivity contribution < 1.29 is 24.9 Å². The first-order valence-corrected chi connectivity index (χ1v) is 4.42. The van der Waals surface area contributed by atoms with Crippen LogP contribution in [0.5, 0.6) is 0 Å². The lowest BCUT2D eigenvalue weighted by atomic mass is 10.1. The van der Waals surface area contributed by atoms with Gasteiger partial charge >= 0.3 is 11.9 Å². The largest absolute Gasteiger partial charge is 0.480 e. The highest BCUT2D eigenvalue weighted by Gasteiger charge is 2.18. The quantitative estimate of drug-likeness (QED) is 0.631. The third-order valence-corrected chi connectivity index (χ3v) is 1.40. The fourth-order valence-electron chi connectivity index (χ4n) is 0.789. The number of hydrogen-bond acceptors (Lipinski definition) is 4. The Balaban J connectivity index is 0. The van der Waals surface area contributed by atoms with Gasteiger partial charge < -0.3 is 21.1 Å². The van der Waals surface area contributed by atoms with Crippen molar-refractivity contribution >= 4 is 11.9 Å². The number of aliphatic carboxylic acids is 1. The summed E-state index contributed by atoms with van der Waals surface area (Å²) in [6.07, 6.45) is 0.134. The molecular formula is C9H19NO5. The fourth-order valence-corrected chi connectivity index (χ4v) is 0.789. The number of carbonyl (C=O) groups excluding carboxylic acids is 1. The van der Waals surface area contributed by atoms with Gasteiger partial charge in [0, 0.05) is 6.42 Å². The summed E-state index contributed by atoms with van der Waals surface area (Å²) >= 11 is 0. The first-order chi connectivity index (χ1) is 6.22. The van der Waals surface area contributed by atoms with E-state index in [1.807, 2.05) is 0 Å². The Labute approximate surface area is 88.7 Å². The molecule has 0 aliphatic heterocycles. The van der Waals surface area contributed by atoms with Crippen LogP contribution in [-0.4, -0.2) is 34.2 Å². The molecule has 0 aromatic carbocycles. The second kappa shape index (κ2) is 6.36. The van der Waals surface area contributed by atoms with Crippen LogP contribution in [-0.2, 0) is 14.3 Å². The zero-order valence-corrected chi connectivity index (χ0v) is 9.24. The Morgan fingerprint density at radius 3 is 2.20 bits per heavy atom. The van der Waals surface area contributed by atoms with Crippen LogP contribution in [0, 0.1) is 0 Å². The molecule has 0 aliphatic rings. The van der Waals surface area contributed by atoms with Crippen molar-refractivity contribution in [3.63, 3.8) is 0 Å². The van der Waals surface area contributed by atoms with Gasteiger partial charge in [0.2, 0.25) is 0 Å². The van der Waals surface area contributed by atoms with Gasteiger partial charge in [0.05, 0.1) is 0 Å². The molecule has 0 amide bonds. The summed E-state index contributed by atoms with van der Waals surface area (Å²) < 4.78 is 4.98. The maximum Gasteiger partial charge on any atom is 0.320 e. The van der Waals surface area contributed by atoms with E-state index in [1.54, 1.807) is 20.8 Å². The number of rotatable bonds is 4. The summed E-state index contributed by atoms with van der Waals surface area (Å²) in [5, 5.41) is 8.45. The normalized spacial score (nSPS) is 12.5. The molecule has 0 fully saturated rings. The van der Waals surface area contributed by atoms with Gasteiger partial charge in [-0.15, -0.1) is 0 Å². The summed E-state index contributed by atoms with van der Waals surface area (Å²) in [7, 11) is 0. The molecule has 6 heteroatoms. The average molecular weight is 221 g/mol. The second-order valence-corrected chi connectivity index (χ2v) is 4.07. The monoisotopic (exact) mass is 221 g/mol. The van der Waals surface area contributed by atoms with Gasteiger partial charge in [0.1, 0.15) is 11.6 Å². The zero-order chi connectivity index (χ0) is 11.4. The van der Waals surface area contributed by atoms with Crippen LogP contribution in [0.2, 0.25) is 0 Å². The van der Waals surface area contributed by atoms with Gasteiger partial charge in [-0.25, -0.2) is 0 Å². The van der Waals surface area contributed by atoms with Gasteiger partial charge in [-0.3, -0.25) is 9.59 Å². The van der Waals surface area contributed by atoms with Crippen LogP contribution in [0.1, 0.15) is 33.6 Å². The van der Waals surface area contributed by atoms with Gasteiger partial charge in [-0.1, -0.05) is 0 Å². The zero-order valence-electron chi connectivity index (χ0n) is 9.24. The average Bonchev–Trinajstić information content (AvgIpc) is 1.96. The molecule has 0 rings (SSSR count). The molecule has 0 radical (unpaired) electrons. The molecule has 0 bridgehead atoms. The molecule has 0 spiro atoms. The molecule has 90 valence electrons. The van der Waals surface area contributed by atoms with Crippen molar-refractivity contribution in [3.8, 4) is 0 Å². The number of carboxylic acids is 1. The Morgan fingerprint density at radius 1 is 1.40 bits per heavy atom. The molecule has 15 heavy (non-hydrogen) atoms. The van der Waals surface area contributed by atoms with E-state index in [0.29, 0.717) is 0 Å². The number of carbonyl (C=O) groups is 2. The maximum absolute atomic E-state index is 11.1. The third kappa shape index (κ3) is 9.17. The van der Waals surface area contributed by atoms with E-state index < -0.39 is 23.6 Å². The molecule has 1 atom stereocenters. The van der Waals surface area contributed by atoms with Crippen molar-refractivity contribution in [2.24, 2.45) is 5.73 Å². The molecule has 0 saturated heterocycles. The van der Waals surface area contributed by atoms with Gasteiger partial charge in [-0.2, -0.15) is 0 Å². The van der Waals surface area contributed by atoms with Crippen molar-refractivity contribution in [3.05, 3.63) is 0 Å². The van der Waals surface area contributed by atoms with E-state index >= 15 is 0 Å². The Kier molecular flexibility index (Phi) is 6.91. The molecule has 0 aliphatic carbocycles. The standard InChI is InChI=1S/C9H17NO4.H2O/c1-9(2,3)14-7(11)5-4-6(10)8(12)13;/h6H,4-5,10H2,1-3H3,(H,12,13);1H2. The van der Waals surface area contributed by atoms with Crippen molar-refractivity contribution in [1.82, 2.24) is 0 Å². The van der Waals surface area contributed by atoms with Crippen LogP contribution in [0.3, 0.4) is 0 Å². The van der Waals surface area contributed by atoms with Gasteiger partial charge in [0.25, 0.3) is 0 Å². The SMILES string of the molecule is CC(C)(C)OC(=O)CCC(N)C(=O)O.O. The number of ether oxygens (including phenoxy) is 1. The van der Waals surface area contributed by atoms with Crippen molar-refractivity contribution in [2.45, 2.75) is 45.3 Å². The summed E-state index contributed by atoms with van der Waals surface area (Å²) in [6, 6.07) is -0.998. The Bertz CT molecular complexity index is 221. The number of hydrogen-bond donors (Lipinski definition) is 2. The van der Waals surface area contributed by atoms with E-state index in [2.05, 4.69) is 0 Å². The topological polar surface area (TPSA) is 121 Å². The highest BCUT2D eigenvalue weighted by atomic mass is 16.6. The van der Waals surface area contributed by atoms with Crippen LogP contribution in [0.15, 0.2) is 0 Å². The molecule has 0 aromatic rings. The first kappa shape index (κ1) is 16.3. The minimum absolute atomic E-state index is 0. The number of nitrogens with two attached hydrogens (primary N) is 1. The first-order valence-electron chi connectivity index (χ1n) is 4.42. The van der Waals surface area contributed by atoms with Crippen LogP contribution in [0.4, 0.5) is 0 Å². The van der Waals surface area contributed by atoms with Gasteiger partial charge in [-0.05, 0) is 27.2 Å². The molecule has 0 saturated carbocycles. The van der Waals surface area contributed by atoms with Crippen molar-refractivity contribution in [1.29, 1.82) is 0 Å². The lowest BCUT2D eigenvalue weighted by Gasteiger charge is -2.19. The smallest absolute Gasteiger partial charge is 0.320 e. The minimum Gasteiger partial charge on any atom is -0.480 e. The second-order valence-electron chi connectivity index (χ2n) is 4.07. The number of esters is 1.